The lowest BCUT2D eigenvalue weighted by atomic mass is 10.0. The summed E-state index contributed by atoms with van der Waals surface area (Å²) in [5.74, 6) is 0.0717. The molecule has 0 spiro atoms. The summed E-state index contributed by atoms with van der Waals surface area (Å²) < 4.78 is 19.7. The summed E-state index contributed by atoms with van der Waals surface area (Å²) in [6, 6.07) is 18.0. The number of carboxylic acid groups (broad SMARTS) is 1. The van der Waals surface area contributed by atoms with Crippen molar-refractivity contribution < 1.29 is 19.0 Å². The average molecular weight is 445 g/mol. The number of carbonyl (C=O) groups is 1. The van der Waals surface area contributed by atoms with Crippen LogP contribution >= 0.6 is 0 Å². The van der Waals surface area contributed by atoms with E-state index >= 15 is 0 Å². The molecular weight excluding hydrogens is 421 g/mol. The maximum Gasteiger partial charge on any atom is 0.307 e. The largest absolute Gasteiger partial charge is 0.494 e. The maximum absolute atomic E-state index is 14.1. The first-order valence-electron chi connectivity index (χ1n) is 10.7. The summed E-state index contributed by atoms with van der Waals surface area (Å²) in [6.07, 6.45) is 2.08. The van der Waals surface area contributed by atoms with Gasteiger partial charge in [0.2, 0.25) is 0 Å². The van der Waals surface area contributed by atoms with Crippen molar-refractivity contribution in [2.75, 3.05) is 18.5 Å². The van der Waals surface area contributed by atoms with Crippen LogP contribution in [0.5, 0.6) is 5.75 Å². The van der Waals surface area contributed by atoms with Gasteiger partial charge < -0.3 is 15.2 Å². The van der Waals surface area contributed by atoms with Crippen LogP contribution in [0.1, 0.15) is 18.1 Å². The third-order valence-electron chi connectivity index (χ3n) is 5.33. The van der Waals surface area contributed by atoms with Crippen LogP contribution in [-0.4, -0.2) is 34.2 Å². The molecule has 0 unspecified atom stereocenters. The number of hydrogen-bond acceptors (Lipinski definition) is 5. The standard InChI is InChI=1S/C26H24FN3O3/c1-2-33-24-13-18(9-10-19(24)14-26(31)32)23-15-25(30-16-29-23)28-12-11-17-5-3-7-21-20(17)6-4-8-22(21)27/h3-10,13,15-16H,2,11-12,14H2,1H3,(H,31,32)(H,28,29,30). The van der Waals surface area contributed by atoms with Crippen molar-refractivity contribution >= 4 is 22.6 Å². The summed E-state index contributed by atoms with van der Waals surface area (Å²) >= 11 is 0. The Bertz CT molecular complexity index is 1290. The fraction of sp³-hybridized carbons (Fsp3) is 0.192. The number of nitrogens with zero attached hydrogens (tertiary/aromatic N) is 2. The fourth-order valence-electron chi connectivity index (χ4n) is 3.80. The van der Waals surface area contributed by atoms with Gasteiger partial charge in [-0.15, -0.1) is 0 Å². The van der Waals surface area contributed by atoms with Gasteiger partial charge in [-0.05, 0) is 36.4 Å². The number of anilines is 1. The van der Waals surface area contributed by atoms with E-state index in [1.165, 1.54) is 12.4 Å². The quantitative estimate of drug-likeness (QED) is 0.372. The lowest BCUT2D eigenvalue weighted by Crippen LogP contribution is -2.07. The van der Waals surface area contributed by atoms with Gasteiger partial charge in [0, 0.05) is 29.1 Å². The summed E-state index contributed by atoms with van der Waals surface area (Å²) in [6.45, 7) is 2.91. The van der Waals surface area contributed by atoms with E-state index in [9.17, 15) is 9.18 Å². The summed E-state index contributed by atoms with van der Waals surface area (Å²) in [4.78, 5) is 19.8. The Kier molecular flexibility index (Phi) is 6.78. The SMILES string of the molecule is CCOc1cc(-c2cc(NCCc3cccc4c(F)cccc34)ncn2)ccc1CC(=O)O. The highest BCUT2D eigenvalue weighted by Gasteiger charge is 2.11. The van der Waals surface area contributed by atoms with Gasteiger partial charge in [0.15, 0.2) is 0 Å². The Morgan fingerprint density at radius 1 is 1.03 bits per heavy atom. The smallest absolute Gasteiger partial charge is 0.307 e. The van der Waals surface area contributed by atoms with E-state index < -0.39 is 5.97 Å². The van der Waals surface area contributed by atoms with Crippen LogP contribution < -0.4 is 10.1 Å². The molecule has 0 bridgehead atoms. The summed E-state index contributed by atoms with van der Waals surface area (Å²) in [5.41, 5.74) is 3.18. The molecule has 0 saturated carbocycles. The first-order chi connectivity index (χ1) is 16.0. The molecule has 7 heteroatoms. The van der Waals surface area contributed by atoms with Gasteiger partial charge in [-0.25, -0.2) is 14.4 Å². The number of halogens is 1. The molecule has 0 atom stereocenters. The van der Waals surface area contributed by atoms with E-state index in [1.54, 1.807) is 24.3 Å². The van der Waals surface area contributed by atoms with E-state index in [0.29, 0.717) is 47.8 Å². The van der Waals surface area contributed by atoms with Crippen LogP contribution in [0.3, 0.4) is 0 Å². The van der Waals surface area contributed by atoms with Crippen molar-refractivity contribution in [1.82, 2.24) is 9.97 Å². The Balaban J connectivity index is 1.49. The molecule has 2 N–H and O–H groups in total. The molecule has 0 aliphatic heterocycles. The number of hydrogen-bond donors (Lipinski definition) is 2. The van der Waals surface area contributed by atoms with Gasteiger partial charge >= 0.3 is 5.97 Å². The number of fused-ring (bicyclic) bond motifs is 1. The first kappa shape index (κ1) is 22.2. The van der Waals surface area contributed by atoms with Crippen molar-refractivity contribution in [2.24, 2.45) is 0 Å². The van der Waals surface area contributed by atoms with Gasteiger partial charge in [0.05, 0.1) is 18.7 Å². The number of nitrogens with one attached hydrogen (secondary N) is 1. The van der Waals surface area contributed by atoms with Gasteiger partial charge in [-0.1, -0.05) is 42.5 Å². The molecule has 3 aromatic carbocycles. The zero-order chi connectivity index (χ0) is 23.2. The molecule has 6 nitrogen and oxygen atoms in total. The van der Waals surface area contributed by atoms with Gasteiger partial charge in [0.1, 0.15) is 23.7 Å². The monoisotopic (exact) mass is 445 g/mol. The zero-order valence-corrected chi connectivity index (χ0v) is 18.2. The number of aromatic nitrogens is 2. The third kappa shape index (κ3) is 5.26. The zero-order valence-electron chi connectivity index (χ0n) is 18.2. The predicted octanol–water partition coefficient (Wildman–Crippen LogP) is 5.12. The highest BCUT2D eigenvalue weighted by molar-refractivity contribution is 5.86. The lowest BCUT2D eigenvalue weighted by Gasteiger charge is -2.12. The van der Waals surface area contributed by atoms with E-state index in [0.717, 1.165) is 16.5 Å². The van der Waals surface area contributed by atoms with E-state index in [1.807, 2.05) is 37.3 Å². The molecule has 0 fully saturated rings. The molecule has 0 radical (unpaired) electrons. The Morgan fingerprint density at radius 2 is 1.85 bits per heavy atom. The normalized spacial score (nSPS) is 10.8. The summed E-state index contributed by atoms with van der Waals surface area (Å²) in [7, 11) is 0. The minimum atomic E-state index is -0.911. The molecule has 4 aromatic rings. The van der Waals surface area contributed by atoms with Gasteiger partial charge in [-0.3, -0.25) is 4.79 Å². The van der Waals surface area contributed by atoms with Crippen LogP contribution in [0.4, 0.5) is 10.2 Å². The van der Waals surface area contributed by atoms with Crippen molar-refractivity contribution in [3.63, 3.8) is 0 Å². The Morgan fingerprint density at radius 3 is 2.67 bits per heavy atom. The van der Waals surface area contributed by atoms with Crippen molar-refractivity contribution in [3.05, 3.63) is 83.9 Å². The van der Waals surface area contributed by atoms with Gasteiger partial charge in [-0.2, -0.15) is 0 Å². The molecular formula is C26H24FN3O3. The number of carboxylic acids is 1. The van der Waals surface area contributed by atoms with Crippen LogP contribution in [-0.2, 0) is 17.6 Å². The second-order valence-corrected chi connectivity index (χ2v) is 7.54. The molecule has 0 aliphatic rings. The van der Waals surface area contributed by atoms with E-state index in [2.05, 4.69) is 15.3 Å². The minimum Gasteiger partial charge on any atom is -0.494 e. The average Bonchev–Trinajstić information content (AvgIpc) is 2.81. The maximum atomic E-state index is 14.1. The second-order valence-electron chi connectivity index (χ2n) is 7.54. The fourth-order valence-corrected chi connectivity index (χ4v) is 3.80. The highest BCUT2D eigenvalue weighted by Crippen LogP contribution is 2.28. The van der Waals surface area contributed by atoms with Crippen LogP contribution in [0.25, 0.3) is 22.0 Å². The molecule has 0 amide bonds. The van der Waals surface area contributed by atoms with Crippen molar-refractivity contribution in [3.8, 4) is 17.0 Å². The lowest BCUT2D eigenvalue weighted by molar-refractivity contribution is -0.136. The van der Waals surface area contributed by atoms with Crippen molar-refractivity contribution in [1.29, 1.82) is 0 Å². The van der Waals surface area contributed by atoms with Crippen LogP contribution in [0.15, 0.2) is 67.0 Å². The number of benzene rings is 3. The minimum absolute atomic E-state index is 0.107. The number of aliphatic carboxylic acids is 1. The molecule has 33 heavy (non-hydrogen) atoms. The van der Waals surface area contributed by atoms with Crippen LogP contribution in [0.2, 0.25) is 0 Å². The predicted molar refractivity (Wildman–Crippen MR) is 126 cm³/mol. The molecule has 0 aliphatic carbocycles. The highest BCUT2D eigenvalue weighted by atomic mass is 19.1. The molecule has 0 saturated heterocycles. The Hall–Kier alpha value is -4.00. The van der Waals surface area contributed by atoms with E-state index in [4.69, 9.17) is 9.84 Å². The topological polar surface area (TPSA) is 84.3 Å². The molecule has 1 heterocycles. The number of rotatable bonds is 9. The van der Waals surface area contributed by atoms with Gasteiger partial charge in [0.25, 0.3) is 0 Å². The second kappa shape index (κ2) is 10.1. The molecule has 168 valence electrons. The van der Waals surface area contributed by atoms with Crippen molar-refractivity contribution in [2.45, 2.75) is 19.8 Å². The summed E-state index contributed by atoms with van der Waals surface area (Å²) in [5, 5.41) is 14.0. The van der Waals surface area contributed by atoms with E-state index in [-0.39, 0.29) is 12.2 Å². The Labute approximate surface area is 191 Å². The number of ether oxygens (including phenoxy) is 1. The third-order valence-corrected chi connectivity index (χ3v) is 5.33. The molecule has 4 rings (SSSR count). The first-order valence-corrected chi connectivity index (χ1v) is 10.7. The van der Waals surface area contributed by atoms with Crippen LogP contribution in [0, 0.1) is 5.82 Å². The molecule has 1 aromatic heterocycles.